The number of hydrogen-bond donors (Lipinski definition) is 4. The Bertz CT molecular complexity index is 1040. The van der Waals surface area contributed by atoms with Crippen LogP contribution in [0.3, 0.4) is 0 Å². The van der Waals surface area contributed by atoms with E-state index in [1.54, 1.807) is 4.90 Å². The third kappa shape index (κ3) is 6.44. The number of hydrogen-bond acceptors (Lipinski definition) is 5. The summed E-state index contributed by atoms with van der Waals surface area (Å²) in [5.41, 5.74) is 4.77. The van der Waals surface area contributed by atoms with E-state index < -0.39 is 41.1 Å². The van der Waals surface area contributed by atoms with Crippen LogP contribution in [0.5, 0.6) is 0 Å². The second-order valence-electron chi connectivity index (χ2n) is 10.8. The monoisotopic (exact) mass is 525 g/mol. The molecule has 0 aromatic carbocycles. The number of primary amides is 1. The first-order chi connectivity index (χ1) is 18.1. The summed E-state index contributed by atoms with van der Waals surface area (Å²) in [5, 5.41) is 7.68. The van der Waals surface area contributed by atoms with Gasteiger partial charge in [0.05, 0.1) is 5.70 Å². The molecule has 0 spiro atoms. The number of ketones is 1. The van der Waals surface area contributed by atoms with Crippen molar-refractivity contribution in [1.82, 2.24) is 20.9 Å². The number of amides is 5. The van der Waals surface area contributed by atoms with Crippen molar-refractivity contribution in [3.05, 3.63) is 24.4 Å². The molecular weight excluding hydrogens is 486 g/mol. The van der Waals surface area contributed by atoms with E-state index in [1.165, 1.54) is 12.2 Å². The van der Waals surface area contributed by atoms with Gasteiger partial charge in [0.1, 0.15) is 12.1 Å². The molecule has 4 atom stereocenters. The van der Waals surface area contributed by atoms with Gasteiger partial charge in [-0.05, 0) is 49.0 Å². The topological polar surface area (TPSA) is 151 Å². The molecule has 1 aliphatic heterocycles. The maximum atomic E-state index is 14.0. The Morgan fingerprint density at radius 3 is 2.50 bits per heavy atom. The first-order valence-corrected chi connectivity index (χ1v) is 13.4. The van der Waals surface area contributed by atoms with Crippen molar-refractivity contribution >= 4 is 29.5 Å². The van der Waals surface area contributed by atoms with Gasteiger partial charge in [0.15, 0.2) is 0 Å². The van der Waals surface area contributed by atoms with Crippen molar-refractivity contribution in [2.45, 2.75) is 76.8 Å². The number of allylic oxidation sites excluding steroid dienone is 1. The van der Waals surface area contributed by atoms with Gasteiger partial charge in [-0.1, -0.05) is 38.7 Å². The number of Topliss-reactive ketones (excluding diaryl/α,β-unsaturated/α-hetero) is 1. The van der Waals surface area contributed by atoms with Gasteiger partial charge in [0, 0.05) is 19.5 Å². The molecule has 0 bridgehead atoms. The number of nitrogens with zero attached hydrogens (tertiary/aromatic N) is 1. The van der Waals surface area contributed by atoms with Crippen molar-refractivity contribution in [3.8, 4) is 12.3 Å². The van der Waals surface area contributed by atoms with Crippen molar-refractivity contribution < 1.29 is 24.0 Å². The molecule has 3 rings (SSSR count). The van der Waals surface area contributed by atoms with Crippen LogP contribution in [-0.2, 0) is 19.2 Å². The van der Waals surface area contributed by atoms with Crippen molar-refractivity contribution in [1.29, 1.82) is 0 Å². The second-order valence-corrected chi connectivity index (χ2v) is 10.8. The van der Waals surface area contributed by atoms with E-state index >= 15 is 0 Å². The van der Waals surface area contributed by atoms with Gasteiger partial charge < -0.3 is 26.6 Å². The van der Waals surface area contributed by atoms with Gasteiger partial charge in [-0.25, -0.2) is 4.79 Å². The van der Waals surface area contributed by atoms with Crippen LogP contribution in [0.1, 0.15) is 64.7 Å². The van der Waals surface area contributed by atoms with Crippen LogP contribution in [-0.4, -0.2) is 59.6 Å². The Kier molecular flexibility index (Phi) is 9.72. The van der Waals surface area contributed by atoms with E-state index in [1.807, 2.05) is 6.92 Å². The molecule has 38 heavy (non-hydrogen) atoms. The van der Waals surface area contributed by atoms with Crippen molar-refractivity contribution in [2.75, 3.05) is 13.1 Å². The lowest BCUT2D eigenvalue weighted by Gasteiger charge is -2.42. The van der Waals surface area contributed by atoms with Crippen LogP contribution in [0.15, 0.2) is 24.4 Å². The average molecular weight is 526 g/mol. The number of likely N-dealkylation sites (tertiary alicyclic amines) is 1. The van der Waals surface area contributed by atoms with Gasteiger partial charge in [-0.3, -0.25) is 19.2 Å². The Morgan fingerprint density at radius 2 is 1.87 bits per heavy atom. The standard InChI is InChI=1S/C28H39N5O5/c1-4-6-13-20(22(34)25(36)30-16-5-2)31-24(35)21-19-12-10-11-18(19)17-33(21)26(37)23(32-27(29)38)28(3)14-8-7-9-15-28/h1,5,13,18-19,21,23H,2,6-12,14-17H2,3H3,(H,30,36)(H,31,35)(H3,29,32,38)/b20-13+/t18-,19-,21-,23+/m0/s1. The van der Waals surface area contributed by atoms with E-state index in [9.17, 15) is 24.0 Å². The summed E-state index contributed by atoms with van der Waals surface area (Å²) in [4.78, 5) is 66.3. The van der Waals surface area contributed by atoms with E-state index in [-0.39, 0.29) is 36.4 Å². The largest absolute Gasteiger partial charge is 0.352 e. The summed E-state index contributed by atoms with van der Waals surface area (Å²) in [6.45, 7) is 5.96. The van der Waals surface area contributed by atoms with Gasteiger partial charge >= 0.3 is 6.03 Å². The number of urea groups is 1. The molecule has 0 aromatic heterocycles. The van der Waals surface area contributed by atoms with Crippen molar-refractivity contribution in [3.63, 3.8) is 0 Å². The number of carbonyl (C=O) groups is 5. The molecule has 0 unspecified atom stereocenters. The molecule has 1 heterocycles. The molecule has 3 fully saturated rings. The minimum absolute atomic E-state index is 0.0262. The lowest BCUT2D eigenvalue weighted by Crippen LogP contribution is -2.60. The van der Waals surface area contributed by atoms with Gasteiger partial charge in [-0.15, -0.1) is 18.9 Å². The first kappa shape index (κ1) is 29.0. The normalized spacial score (nSPS) is 24.9. The summed E-state index contributed by atoms with van der Waals surface area (Å²) in [7, 11) is 0. The third-order valence-electron chi connectivity index (χ3n) is 8.21. The van der Waals surface area contributed by atoms with Crippen LogP contribution < -0.4 is 21.7 Å². The Morgan fingerprint density at radius 1 is 1.16 bits per heavy atom. The fourth-order valence-corrected chi connectivity index (χ4v) is 6.29. The highest BCUT2D eigenvalue weighted by Gasteiger charge is 2.53. The lowest BCUT2D eigenvalue weighted by molar-refractivity contribution is -0.143. The Labute approximate surface area is 224 Å². The number of rotatable bonds is 10. The SMILES string of the molecule is C#CC/C=C(/NC(=O)[C@@H]1[C@H]2CCC[C@H]2CN1C(=O)[C@@H](NC(N)=O)C1(C)CCCCC1)C(=O)C(=O)NCC=C. The zero-order valence-electron chi connectivity index (χ0n) is 22.1. The lowest BCUT2D eigenvalue weighted by atomic mass is 9.70. The zero-order chi connectivity index (χ0) is 27.9. The number of carbonyl (C=O) groups excluding carboxylic acids is 5. The summed E-state index contributed by atoms with van der Waals surface area (Å²) in [5.74, 6) is -0.311. The predicted molar refractivity (Wildman–Crippen MR) is 142 cm³/mol. The minimum Gasteiger partial charge on any atom is -0.352 e. The minimum atomic E-state index is -0.933. The van der Waals surface area contributed by atoms with E-state index in [0.29, 0.717) is 6.54 Å². The predicted octanol–water partition coefficient (Wildman–Crippen LogP) is 1.52. The molecule has 0 aromatic rings. The highest BCUT2D eigenvalue weighted by molar-refractivity contribution is 6.42. The van der Waals surface area contributed by atoms with E-state index in [4.69, 9.17) is 12.2 Å². The Hall–Kier alpha value is -3.61. The van der Waals surface area contributed by atoms with Gasteiger partial charge in [0.25, 0.3) is 11.7 Å². The van der Waals surface area contributed by atoms with Gasteiger partial charge in [-0.2, -0.15) is 0 Å². The molecule has 5 N–H and O–H groups in total. The summed E-state index contributed by atoms with van der Waals surface area (Å²) < 4.78 is 0. The van der Waals surface area contributed by atoms with Crippen LogP contribution in [0.4, 0.5) is 4.79 Å². The molecule has 206 valence electrons. The van der Waals surface area contributed by atoms with Gasteiger partial charge in [0.2, 0.25) is 11.8 Å². The Balaban J connectivity index is 1.89. The highest BCUT2D eigenvalue weighted by atomic mass is 16.2. The smallest absolute Gasteiger partial charge is 0.312 e. The number of fused-ring (bicyclic) bond motifs is 1. The summed E-state index contributed by atoms with van der Waals surface area (Å²) in [6.07, 6.45) is 15.2. The fourth-order valence-electron chi connectivity index (χ4n) is 6.29. The highest BCUT2D eigenvalue weighted by Crippen LogP contribution is 2.45. The molecule has 10 heteroatoms. The molecule has 0 radical (unpaired) electrons. The molecule has 2 saturated carbocycles. The molecule has 10 nitrogen and oxygen atoms in total. The fraction of sp³-hybridized carbons (Fsp3) is 0.607. The van der Waals surface area contributed by atoms with E-state index in [2.05, 4.69) is 28.4 Å². The maximum absolute atomic E-state index is 14.0. The van der Waals surface area contributed by atoms with E-state index in [0.717, 1.165) is 51.4 Å². The van der Waals surface area contributed by atoms with Crippen LogP contribution in [0.2, 0.25) is 0 Å². The summed E-state index contributed by atoms with van der Waals surface area (Å²) in [6, 6.07) is -2.50. The third-order valence-corrected chi connectivity index (χ3v) is 8.21. The first-order valence-electron chi connectivity index (χ1n) is 13.4. The second kappa shape index (κ2) is 12.8. The summed E-state index contributed by atoms with van der Waals surface area (Å²) >= 11 is 0. The number of terminal acetylenes is 1. The zero-order valence-corrected chi connectivity index (χ0v) is 22.1. The molecular formula is C28H39N5O5. The quantitative estimate of drug-likeness (QED) is 0.148. The number of nitrogens with two attached hydrogens (primary N) is 1. The van der Waals surface area contributed by atoms with Crippen molar-refractivity contribution in [2.24, 2.45) is 23.0 Å². The molecule has 2 aliphatic carbocycles. The van der Waals surface area contributed by atoms with Crippen LogP contribution >= 0.6 is 0 Å². The van der Waals surface area contributed by atoms with Crippen LogP contribution in [0, 0.1) is 29.6 Å². The molecule has 5 amide bonds. The average Bonchev–Trinajstić information content (AvgIpc) is 3.49. The van der Waals surface area contributed by atoms with Crippen LogP contribution in [0.25, 0.3) is 0 Å². The molecule has 1 saturated heterocycles. The maximum Gasteiger partial charge on any atom is 0.312 e. The molecule has 3 aliphatic rings. The number of nitrogens with one attached hydrogen (secondary N) is 3.